The summed E-state index contributed by atoms with van der Waals surface area (Å²) in [6.45, 7) is 2.28. The van der Waals surface area contributed by atoms with Crippen molar-refractivity contribution < 1.29 is 8.78 Å². The molecule has 118 valence electrons. The van der Waals surface area contributed by atoms with Gasteiger partial charge in [0.05, 0.1) is 0 Å². The average molecular weight is 286 g/mol. The fraction of sp³-hybridized carbons (Fsp3) is 1.00. The Bertz CT molecular complexity index is 248. The molecule has 0 aliphatic heterocycles. The van der Waals surface area contributed by atoms with Crippen LogP contribution in [0, 0.1) is 23.7 Å². The van der Waals surface area contributed by atoms with Crippen LogP contribution in [0.1, 0.15) is 84.0 Å². The van der Waals surface area contributed by atoms with Gasteiger partial charge in [0.25, 0.3) is 0 Å². The standard InChI is InChI=1S/C18H32F2/c1-2-3-4-14-5-9-16(10-6-14)17-11-7-15(8-12-17)13-18(19)20/h14-18H,2-13H2,1H3/t14-,15-,16-,17-. The van der Waals surface area contributed by atoms with E-state index in [-0.39, 0.29) is 6.42 Å². The van der Waals surface area contributed by atoms with Gasteiger partial charge in [-0.25, -0.2) is 8.78 Å². The van der Waals surface area contributed by atoms with E-state index in [1.165, 1.54) is 57.8 Å². The summed E-state index contributed by atoms with van der Waals surface area (Å²) in [7, 11) is 0. The summed E-state index contributed by atoms with van der Waals surface area (Å²) < 4.78 is 24.8. The van der Waals surface area contributed by atoms with Gasteiger partial charge in [0.1, 0.15) is 0 Å². The highest BCUT2D eigenvalue weighted by Gasteiger charge is 2.31. The third-order valence-corrected chi connectivity index (χ3v) is 5.93. The summed E-state index contributed by atoms with van der Waals surface area (Å²) in [4.78, 5) is 0. The average Bonchev–Trinajstić information content (AvgIpc) is 2.46. The van der Waals surface area contributed by atoms with Crippen molar-refractivity contribution in [2.45, 2.75) is 90.4 Å². The molecule has 0 bridgehead atoms. The van der Waals surface area contributed by atoms with E-state index >= 15 is 0 Å². The van der Waals surface area contributed by atoms with Crippen molar-refractivity contribution >= 4 is 0 Å². The Morgan fingerprint density at radius 3 is 1.75 bits per heavy atom. The molecular formula is C18H32F2. The van der Waals surface area contributed by atoms with Crippen LogP contribution in [0.4, 0.5) is 8.78 Å². The van der Waals surface area contributed by atoms with Crippen LogP contribution in [0.15, 0.2) is 0 Å². The van der Waals surface area contributed by atoms with Crippen molar-refractivity contribution in [3.63, 3.8) is 0 Å². The molecule has 0 radical (unpaired) electrons. The molecule has 2 heteroatoms. The van der Waals surface area contributed by atoms with E-state index in [9.17, 15) is 8.78 Å². The van der Waals surface area contributed by atoms with Crippen LogP contribution in [0.25, 0.3) is 0 Å². The van der Waals surface area contributed by atoms with E-state index in [1.807, 2.05) is 0 Å². The van der Waals surface area contributed by atoms with Gasteiger partial charge in [-0.15, -0.1) is 0 Å². The van der Waals surface area contributed by atoms with E-state index < -0.39 is 6.43 Å². The van der Waals surface area contributed by atoms with Gasteiger partial charge in [0.2, 0.25) is 6.43 Å². The first-order chi connectivity index (χ1) is 9.69. The molecule has 20 heavy (non-hydrogen) atoms. The summed E-state index contributed by atoms with van der Waals surface area (Å²) in [5.41, 5.74) is 0. The minimum Gasteiger partial charge on any atom is -0.211 e. The highest BCUT2D eigenvalue weighted by atomic mass is 19.3. The Labute approximate surface area is 123 Å². The molecule has 0 aromatic carbocycles. The fourth-order valence-corrected chi connectivity index (χ4v) is 4.59. The normalized spacial score (nSPS) is 35.4. The van der Waals surface area contributed by atoms with Crippen molar-refractivity contribution in [3.05, 3.63) is 0 Å². The molecule has 0 unspecified atom stereocenters. The Morgan fingerprint density at radius 1 is 0.800 bits per heavy atom. The largest absolute Gasteiger partial charge is 0.238 e. The number of halogens is 2. The lowest BCUT2D eigenvalue weighted by molar-refractivity contribution is 0.0832. The maximum atomic E-state index is 12.4. The van der Waals surface area contributed by atoms with Crippen LogP contribution >= 0.6 is 0 Å². The van der Waals surface area contributed by atoms with Crippen molar-refractivity contribution in [2.75, 3.05) is 0 Å². The lowest BCUT2D eigenvalue weighted by atomic mass is 9.68. The maximum Gasteiger partial charge on any atom is 0.238 e. The van der Waals surface area contributed by atoms with Crippen LogP contribution in [0.2, 0.25) is 0 Å². The number of rotatable bonds is 6. The number of hydrogen-bond acceptors (Lipinski definition) is 0. The Hall–Kier alpha value is -0.140. The smallest absolute Gasteiger partial charge is 0.211 e. The lowest BCUT2D eigenvalue weighted by Gasteiger charge is -2.38. The van der Waals surface area contributed by atoms with Gasteiger partial charge in [0.15, 0.2) is 0 Å². The summed E-state index contributed by atoms with van der Waals surface area (Å²) >= 11 is 0. The molecule has 2 rings (SSSR count). The second kappa shape index (κ2) is 8.34. The highest BCUT2D eigenvalue weighted by molar-refractivity contribution is 4.82. The van der Waals surface area contributed by atoms with Crippen molar-refractivity contribution in [2.24, 2.45) is 23.7 Å². The van der Waals surface area contributed by atoms with Crippen LogP contribution in [-0.4, -0.2) is 6.43 Å². The van der Waals surface area contributed by atoms with Crippen molar-refractivity contribution in [3.8, 4) is 0 Å². The summed E-state index contributed by atoms with van der Waals surface area (Å²) in [5, 5.41) is 0. The zero-order valence-electron chi connectivity index (χ0n) is 13.1. The van der Waals surface area contributed by atoms with E-state index in [4.69, 9.17) is 0 Å². The molecule has 0 aromatic heterocycles. The SMILES string of the molecule is CCCC[C@H]1CC[C@H]([C@H]2CC[C@H](CC(F)F)CC2)CC1. The number of alkyl halides is 2. The second-order valence-corrected chi connectivity index (χ2v) is 7.33. The van der Waals surface area contributed by atoms with Crippen LogP contribution in [0.3, 0.4) is 0 Å². The molecule has 2 aliphatic rings. The third kappa shape index (κ3) is 5.00. The molecule has 0 spiro atoms. The second-order valence-electron chi connectivity index (χ2n) is 7.33. The van der Waals surface area contributed by atoms with E-state index in [0.717, 1.165) is 30.6 Å². The molecule has 0 aromatic rings. The van der Waals surface area contributed by atoms with Gasteiger partial charge in [-0.1, -0.05) is 39.0 Å². The van der Waals surface area contributed by atoms with Crippen LogP contribution in [-0.2, 0) is 0 Å². The summed E-state index contributed by atoms with van der Waals surface area (Å²) in [6, 6.07) is 0. The predicted octanol–water partition coefficient (Wildman–Crippen LogP) is 6.44. The van der Waals surface area contributed by atoms with Gasteiger partial charge in [0, 0.05) is 6.42 Å². The Morgan fingerprint density at radius 2 is 1.30 bits per heavy atom. The zero-order chi connectivity index (χ0) is 14.4. The first kappa shape index (κ1) is 16.2. The topological polar surface area (TPSA) is 0 Å². The van der Waals surface area contributed by atoms with E-state index in [2.05, 4.69) is 6.92 Å². The highest BCUT2D eigenvalue weighted by Crippen LogP contribution is 2.43. The summed E-state index contributed by atoms with van der Waals surface area (Å²) in [6.07, 6.45) is 12.5. The van der Waals surface area contributed by atoms with Crippen LogP contribution < -0.4 is 0 Å². The predicted molar refractivity (Wildman–Crippen MR) is 81.0 cm³/mol. The molecule has 0 nitrogen and oxygen atoms in total. The third-order valence-electron chi connectivity index (χ3n) is 5.93. The number of unbranched alkanes of at least 4 members (excludes halogenated alkanes) is 1. The van der Waals surface area contributed by atoms with E-state index in [0.29, 0.717) is 5.92 Å². The van der Waals surface area contributed by atoms with Gasteiger partial charge >= 0.3 is 0 Å². The molecule has 0 heterocycles. The fourth-order valence-electron chi connectivity index (χ4n) is 4.59. The zero-order valence-corrected chi connectivity index (χ0v) is 13.1. The molecule has 2 fully saturated rings. The van der Waals surface area contributed by atoms with Gasteiger partial charge in [-0.2, -0.15) is 0 Å². The first-order valence-electron chi connectivity index (χ1n) is 8.97. The van der Waals surface area contributed by atoms with Gasteiger partial charge in [-0.05, 0) is 62.2 Å². The molecule has 0 saturated heterocycles. The van der Waals surface area contributed by atoms with Crippen molar-refractivity contribution in [1.82, 2.24) is 0 Å². The minimum atomic E-state index is -2.09. The molecule has 0 atom stereocenters. The molecule has 0 amide bonds. The molecule has 0 N–H and O–H groups in total. The van der Waals surface area contributed by atoms with Gasteiger partial charge < -0.3 is 0 Å². The van der Waals surface area contributed by atoms with Crippen molar-refractivity contribution in [1.29, 1.82) is 0 Å². The summed E-state index contributed by atoms with van der Waals surface area (Å²) in [5.74, 6) is 3.07. The maximum absolute atomic E-state index is 12.4. The molecule has 2 saturated carbocycles. The first-order valence-corrected chi connectivity index (χ1v) is 8.97. The quantitative estimate of drug-likeness (QED) is 0.526. The number of hydrogen-bond donors (Lipinski definition) is 0. The Kier molecular flexibility index (Phi) is 6.77. The molecule has 2 aliphatic carbocycles. The van der Waals surface area contributed by atoms with Gasteiger partial charge in [-0.3, -0.25) is 0 Å². The monoisotopic (exact) mass is 286 g/mol. The molecular weight excluding hydrogens is 254 g/mol. The Balaban J connectivity index is 1.65. The van der Waals surface area contributed by atoms with Crippen LogP contribution in [0.5, 0.6) is 0 Å². The lowest BCUT2D eigenvalue weighted by Crippen LogP contribution is -2.26. The van der Waals surface area contributed by atoms with E-state index in [1.54, 1.807) is 0 Å². The minimum absolute atomic E-state index is 0.149.